The Balaban J connectivity index is 0.00000280. The Kier molecular flexibility index (Phi) is 9.18. The molecule has 1 aliphatic rings. The Morgan fingerprint density at radius 3 is 2.50 bits per heavy atom. The van der Waals surface area contributed by atoms with Crippen molar-refractivity contribution in [2.24, 2.45) is 4.99 Å². The van der Waals surface area contributed by atoms with Crippen LogP contribution in [0, 0.1) is 5.82 Å². The molecule has 0 bridgehead atoms. The van der Waals surface area contributed by atoms with Crippen molar-refractivity contribution in [2.75, 3.05) is 26.3 Å². The first kappa shape index (κ1) is 22.6. The van der Waals surface area contributed by atoms with Crippen LogP contribution in [0.15, 0.2) is 59.6 Å². The average Bonchev–Trinajstić information content (AvgIpc) is 2.71. The maximum absolute atomic E-state index is 13.4. The molecule has 0 radical (unpaired) electrons. The van der Waals surface area contributed by atoms with Gasteiger partial charge in [-0.15, -0.1) is 24.0 Å². The van der Waals surface area contributed by atoms with Crippen LogP contribution in [0.1, 0.15) is 30.9 Å². The third kappa shape index (κ3) is 6.17. The molecule has 0 aromatic heterocycles. The van der Waals surface area contributed by atoms with Crippen LogP contribution in [0.3, 0.4) is 0 Å². The highest BCUT2D eigenvalue weighted by molar-refractivity contribution is 14.0. The summed E-state index contributed by atoms with van der Waals surface area (Å²) in [6, 6.07) is 17.2. The van der Waals surface area contributed by atoms with E-state index in [1.165, 1.54) is 17.7 Å². The van der Waals surface area contributed by atoms with Crippen molar-refractivity contribution in [3.8, 4) is 0 Å². The van der Waals surface area contributed by atoms with Crippen molar-refractivity contribution in [3.05, 3.63) is 71.5 Å². The van der Waals surface area contributed by atoms with Gasteiger partial charge in [-0.1, -0.05) is 42.5 Å². The van der Waals surface area contributed by atoms with Crippen LogP contribution < -0.4 is 10.6 Å². The average molecular weight is 497 g/mol. The first-order valence-electron chi connectivity index (χ1n) is 9.62. The van der Waals surface area contributed by atoms with Crippen LogP contribution in [0.4, 0.5) is 4.39 Å². The fourth-order valence-corrected chi connectivity index (χ4v) is 3.52. The summed E-state index contributed by atoms with van der Waals surface area (Å²) in [5, 5.41) is 6.79. The van der Waals surface area contributed by atoms with Crippen molar-refractivity contribution >= 4 is 29.9 Å². The molecular formula is C22H29FIN3O. The molecule has 0 spiro atoms. The molecule has 2 N–H and O–H groups in total. The first-order chi connectivity index (χ1) is 13.2. The summed E-state index contributed by atoms with van der Waals surface area (Å²) >= 11 is 0. The Labute approximate surface area is 184 Å². The van der Waals surface area contributed by atoms with E-state index < -0.39 is 0 Å². The van der Waals surface area contributed by atoms with Gasteiger partial charge in [0.15, 0.2) is 5.96 Å². The zero-order chi connectivity index (χ0) is 19.0. The third-order valence-electron chi connectivity index (χ3n) is 5.08. The fourth-order valence-electron chi connectivity index (χ4n) is 3.52. The molecule has 6 heteroatoms. The van der Waals surface area contributed by atoms with Gasteiger partial charge < -0.3 is 15.4 Å². The van der Waals surface area contributed by atoms with Gasteiger partial charge in [0, 0.05) is 31.7 Å². The summed E-state index contributed by atoms with van der Waals surface area (Å²) in [6.45, 7) is 5.59. The second kappa shape index (κ2) is 11.4. The molecule has 1 aliphatic heterocycles. The third-order valence-corrected chi connectivity index (χ3v) is 5.08. The Hall–Kier alpha value is -1.67. The van der Waals surface area contributed by atoms with E-state index in [9.17, 15) is 4.39 Å². The number of nitrogens with one attached hydrogen (secondary N) is 2. The SMILES string of the molecule is CCNC(=NCc1cccc(F)c1)NCC1(c2ccccc2)CCOCC1.I. The van der Waals surface area contributed by atoms with E-state index in [4.69, 9.17) is 4.74 Å². The van der Waals surface area contributed by atoms with Gasteiger partial charge in [-0.25, -0.2) is 9.38 Å². The summed E-state index contributed by atoms with van der Waals surface area (Å²) < 4.78 is 19.0. The van der Waals surface area contributed by atoms with E-state index in [1.807, 2.05) is 13.0 Å². The van der Waals surface area contributed by atoms with Gasteiger partial charge in [-0.3, -0.25) is 0 Å². The highest BCUT2D eigenvalue weighted by Crippen LogP contribution is 2.34. The maximum Gasteiger partial charge on any atom is 0.191 e. The summed E-state index contributed by atoms with van der Waals surface area (Å²) in [7, 11) is 0. The number of nitrogens with zero attached hydrogens (tertiary/aromatic N) is 1. The molecule has 2 aromatic carbocycles. The molecule has 4 nitrogen and oxygen atoms in total. The number of rotatable bonds is 6. The van der Waals surface area contributed by atoms with Gasteiger partial charge in [-0.05, 0) is 43.0 Å². The lowest BCUT2D eigenvalue weighted by atomic mass is 9.74. The molecule has 2 aromatic rings. The molecule has 1 heterocycles. The minimum atomic E-state index is -0.231. The molecule has 0 unspecified atom stereocenters. The lowest BCUT2D eigenvalue weighted by Gasteiger charge is -2.38. The number of aliphatic imine (C=N–C) groups is 1. The minimum Gasteiger partial charge on any atom is -0.381 e. The van der Waals surface area contributed by atoms with E-state index in [0.717, 1.165) is 50.7 Å². The number of halogens is 2. The first-order valence-corrected chi connectivity index (χ1v) is 9.62. The van der Waals surface area contributed by atoms with Crippen LogP contribution in [-0.2, 0) is 16.7 Å². The van der Waals surface area contributed by atoms with Crippen LogP contribution in [0.5, 0.6) is 0 Å². The number of hydrogen-bond acceptors (Lipinski definition) is 2. The lowest BCUT2D eigenvalue weighted by molar-refractivity contribution is 0.0514. The van der Waals surface area contributed by atoms with Gasteiger partial charge in [-0.2, -0.15) is 0 Å². The van der Waals surface area contributed by atoms with E-state index >= 15 is 0 Å². The van der Waals surface area contributed by atoms with Gasteiger partial charge in [0.2, 0.25) is 0 Å². The van der Waals surface area contributed by atoms with E-state index in [1.54, 1.807) is 6.07 Å². The molecule has 0 atom stereocenters. The Morgan fingerprint density at radius 1 is 1.07 bits per heavy atom. The standard InChI is InChI=1S/C22H28FN3O.HI/c1-2-24-21(25-16-18-7-6-10-20(23)15-18)26-17-22(11-13-27-14-12-22)19-8-4-3-5-9-19;/h3-10,15H,2,11-14,16-17H2,1H3,(H2,24,25,26);1H. The Morgan fingerprint density at radius 2 is 1.82 bits per heavy atom. The largest absolute Gasteiger partial charge is 0.381 e. The number of benzene rings is 2. The van der Waals surface area contributed by atoms with Crippen molar-refractivity contribution in [1.29, 1.82) is 0 Å². The Bertz CT molecular complexity index is 748. The van der Waals surface area contributed by atoms with Crippen LogP contribution in [0.25, 0.3) is 0 Å². The topological polar surface area (TPSA) is 45.7 Å². The van der Waals surface area contributed by atoms with E-state index in [0.29, 0.717) is 6.54 Å². The van der Waals surface area contributed by atoms with Crippen LogP contribution in [-0.4, -0.2) is 32.3 Å². The summed E-state index contributed by atoms with van der Waals surface area (Å²) in [4.78, 5) is 4.63. The number of ether oxygens (including phenoxy) is 1. The second-order valence-corrected chi connectivity index (χ2v) is 6.94. The molecule has 0 aliphatic carbocycles. The highest BCUT2D eigenvalue weighted by atomic mass is 127. The molecule has 1 fully saturated rings. The van der Waals surface area contributed by atoms with Crippen molar-refractivity contribution in [2.45, 2.75) is 31.7 Å². The monoisotopic (exact) mass is 497 g/mol. The summed E-state index contributed by atoms with van der Waals surface area (Å²) in [5.41, 5.74) is 2.23. The normalized spacial score (nSPS) is 16.1. The smallest absolute Gasteiger partial charge is 0.191 e. The molecule has 3 rings (SSSR count). The highest BCUT2D eigenvalue weighted by Gasteiger charge is 2.34. The maximum atomic E-state index is 13.4. The zero-order valence-corrected chi connectivity index (χ0v) is 18.6. The number of hydrogen-bond donors (Lipinski definition) is 2. The molecular weight excluding hydrogens is 468 g/mol. The predicted octanol–water partition coefficient (Wildman–Crippen LogP) is 4.25. The zero-order valence-electron chi connectivity index (χ0n) is 16.3. The van der Waals surface area contributed by atoms with E-state index in [-0.39, 0.29) is 35.2 Å². The molecule has 1 saturated heterocycles. The van der Waals surface area contributed by atoms with Gasteiger partial charge in [0.25, 0.3) is 0 Å². The quantitative estimate of drug-likeness (QED) is 0.357. The fraction of sp³-hybridized carbons (Fsp3) is 0.409. The number of guanidine groups is 1. The molecule has 0 amide bonds. The second-order valence-electron chi connectivity index (χ2n) is 6.94. The van der Waals surface area contributed by atoms with Crippen molar-refractivity contribution in [3.63, 3.8) is 0 Å². The van der Waals surface area contributed by atoms with Gasteiger partial charge in [0.05, 0.1) is 6.54 Å². The van der Waals surface area contributed by atoms with Crippen LogP contribution >= 0.6 is 24.0 Å². The summed E-state index contributed by atoms with van der Waals surface area (Å²) in [6.07, 6.45) is 1.96. The lowest BCUT2D eigenvalue weighted by Crippen LogP contribution is -2.48. The minimum absolute atomic E-state index is 0. The van der Waals surface area contributed by atoms with E-state index in [2.05, 4.69) is 46.0 Å². The molecule has 28 heavy (non-hydrogen) atoms. The van der Waals surface area contributed by atoms with Gasteiger partial charge in [0.1, 0.15) is 5.82 Å². The molecule has 152 valence electrons. The van der Waals surface area contributed by atoms with Crippen LogP contribution in [0.2, 0.25) is 0 Å². The molecule has 0 saturated carbocycles. The summed E-state index contributed by atoms with van der Waals surface area (Å²) in [5.74, 6) is 0.523. The van der Waals surface area contributed by atoms with Gasteiger partial charge >= 0.3 is 0 Å². The predicted molar refractivity (Wildman–Crippen MR) is 123 cm³/mol. The van der Waals surface area contributed by atoms with Crippen molar-refractivity contribution < 1.29 is 9.13 Å². The van der Waals surface area contributed by atoms with Crippen molar-refractivity contribution in [1.82, 2.24) is 10.6 Å².